The minimum atomic E-state index is -0.701. The Bertz CT molecular complexity index is 1220. The van der Waals surface area contributed by atoms with Crippen LogP contribution in [0.25, 0.3) is 5.69 Å². The fourth-order valence-corrected chi connectivity index (χ4v) is 4.84. The molecule has 1 amide bonds. The second kappa shape index (κ2) is 7.37. The summed E-state index contributed by atoms with van der Waals surface area (Å²) in [6, 6.07) is 6.99. The highest BCUT2D eigenvalue weighted by molar-refractivity contribution is 6.05. The predicted octanol–water partition coefficient (Wildman–Crippen LogP) is 3.29. The van der Waals surface area contributed by atoms with Crippen LogP contribution in [0.15, 0.2) is 36.5 Å². The molecule has 2 aliphatic carbocycles. The van der Waals surface area contributed by atoms with Gasteiger partial charge < -0.3 is 15.0 Å². The molecular formula is C23H21F2N5O2. The van der Waals surface area contributed by atoms with Crippen LogP contribution >= 0.6 is 0 Å². The van der Waals surface area contributed by atoms with Crippen molar-refractivity contribution in [3.63, 3.8) is 0 Å². The molecule has 32 heavy (non-hydrogen) atoms. The standard InChI is InChI=1S/C23H21F2N5O2/c24-14-3-4-19(17(25)12-14)30-21-15-10-13(15)11-16(21)20(28-30)23(31)27-18-2-1-5-26-22(18)29-6-8-32-9-7-29/h1-5,12-13,15H,6-11H2,(H,27,31)/t13-,15-/m1/s1. The number of rotatable bonds is 4. The molecule has 0 bridgehead atoms. The third-order valence-corrected chi connectivity index (χ3v) is 6.46. The number of aromatic nitrogens is 3. The topological polar surface area (TPSA) is 72.3 Å². The average Bonchev–Trinajstić information content (AvgIpc) is 3.30. The smallest absolute Gasteiger partial charge is 0.276 e. The van der Waals surface area contributed by atoms with E-state index in [0.717, 1.165) is 30.2 Å². The van der Waals surface area contributed by atoms with Crippen molar-refractivity contribution < 1.29 is 18.3 Å². The molecule has 0 spiro atoms. The Hall–Kier alpha value is -3.33. The number of fused-ring (bicyclic) bond motifs is 3. The molecule has 1 saturated carbocycles. The van der Waals surface area contributed by atoms with E-state index in [9.17, 15) is 13.6 Å². The van der Waals surface area contributed by atoms with Crippen LogP contribution < -0.4 is 10.2 Å². The number of amides is 1. The largest absolute Gasteiger partial charge is 0.378 e. The van der Waals surface area contributed by atoms with Crippen molar-refractivity contribution in [3.05, 3.63) is 65.1 Å². The second-order valence-electron chi connectivity index (χ2n) is 8.45. The highest BCUT2D eigenvalue weighted by Crippen LogP contribution is 2.57. The zero-order valence-electron chi connectivity index (χ0n) is 17.2. The van der Waals surface area contributed by atoms with E-state index in [4.69, 9.17) is 4.74 Å². The van der Waals surface area contributed by atoms with Crippen LogP contribution in [0.1, 0.15) is 34.1 Å². The summed E-state index contributed by atoms with van der Waals surface area (Å²) in [5.41, 5.74) is 2.76. The summed E-state index contributed by atoms with van der Waals surface area (Å²) in [6.45, 7) is 2.59. The fraction of sp³-hybridized carbons (Fsp3) is 0.348. The van der Waals surface area contributed by atoms with Crippen LogP contribution in [0, 0.1) is 17.6 Å². The molecule has 164 valence electrons. The van der Waals surface area contributed by atoms with E-state index in [1.54, 1.807) is 12.3 Å². The van der Waals surface area contributed by atoms with Crippen LogP contribution in [0.5, 0.6) is 0 Å². The van der Waals surface area contributed by atoms with Crippen LogP contribution in [-0.2, 0) is 11.2 Å². The lowest BCUT2D eigenvalue weighted by molar-refractivity contribution is 0.102. The van der Waals surface area contributed by atoms with Gasteiger partial charge in [0.1, 0.15) is 11.5 Å². The van der Waals surface area contributed by atoms with Crippen LogP contribution in [-0.4, -0.2) is 47.0 Å². The van der Waals surface area contributed by atoms with Gasteiger partial charge in [-0.05, 0) is 43.0 Å². The highest BCUT2D eigenvalue weighted by atomic mass is 19.1. The molecule has 6 rings (SSSR count). The van der Waals surface area contributed by atoms with Crippen molar-refractivity contribution in [2.24, 2.45) is 5.92 Å². The molecule has 3 heterocycles. The van der Waals surface area contributed by atoms with Gasteiger partial charge in [0.05, 0.1) is 24.6 Å². The van der Waals surface area contributed by atoms with Gasteiger partial charge in [0.15, 0.2) is 17.3 Å². The number of nitrogens with zero attached hydrogens (tertiary/aromatic N) is 4. The van der Waals surface area contributed by atoms with Crippen LogP contribution in [0.2, 0.25) is 0 Å². The van der Waals surface area contributed by atoms with E-state index >= 15 is 0 Å². The zero-order valence-corrected chi connectivity index (χ0v) is 17.2. The van der Waals surface area contributed by atoms with E-state index < -0.39 is 11.6 Å². The number of carbonyl (C=O) groups is 1. The lowest BCUT2D eigenvalue weighted by Crippen LogP contribution is -2.37. The first-order valence-corrected chi connectivity index (χ1v) is 10.8. The molecule has 1 N–H and O–H groups in total. The Balaban J connectivity index is 1.35. The van der Waals surface area contributed by atoms with Gasteiger partial charge >= 0.3 is 0 Å². The molecule has 0 unspecified atom stereocenters. The van der Waals surface area contributed by atoms with E-state index in [1.807, 2.05) is 6.07 Å². The summed E-state index contributed by atoms with van der Waals surface area (Å²) in [6.07, 6.45) is 3.44. The number of hydrogen-bond acceptors (Lipinski definition) is 5. The molecule has 1 aromatic carbocycles. The van der Waals surface area contributed by atoms with Gasteiger partial charge in [0.2, 0.25) is 0 Å². The van der Waals surface area contributed by atoms with E-state index in [-0.39, 0.29) is 23.2 Å². The summed E-state index contributed by atoms with van der Waals surface area (Å²) in [5, 5.41) is 7.45. The number of ether oxygens (including phenoxy) is 1. The number of benzene rings is 1. The van der Waals surface area contributed by atoms with Gasteiger partial charge in [0, 0.05) is 36.8 Å². The summed E-state index contributed by atoms with van der Waals surface area (Å²) in [4.78, 5) is 19.8. The maximum atomic E-state index is 14.5. The van der Waals surface area contributed by atoms with Crippen LogP contribution in [0.4, 0.5) is 20.3 Å². The molecular weight excluding hydrogens is 416 g/mol. The molecule has 2 aromatic heterocycles. The summed E-state index contributed by atoms with van der Waals surface area (Å²) < 4.78 is 34.9. The van der Waals surface area contributed by atoms with Crippen molar-refractivity contribution >= 4 is 17.4 Å². The molecule has 2 atom stereocenters. The molecule has 1 aliphatic heterocycles. The Kier molecular flexibility index (Phi) is 4.46. The maximum Gasteiger partial charge on any atom is 0.276 e. The van der Waals surface area contributed by atoms with Crippen molar-refractivity contribution in [2.45, 2.75) is 18.8 Å². The first-order valence-electron chi connectivity index (χ1n) is 10.8. The molecule has 2 fully saturated rings. The lowest BCUT2D eigenvalue weighted by Gasteiger charge is -2.29. The minimum Gasteiger partial charge on any atom is -0.378 e. The maximum absolute atomic E-state index is 14.5. The number of carbonyl (C=O) groups excluding carboxylic acids is 1. The van der Waals surface area contributed by atoms with Gasteiger partial charge in [-0.1, -0.05) is 0 Å². The highest BCUT2D eigenvalue weighted by Gasteiger charge is 2.50. The second-order valence-corrected chi connectivity index (χ2v) is 8.45. The molecule has 3 aromatic rings. The van der Waals surface area contributed by atoms with Crippen molar-refractivity contribution in [3.8, 4) is 5.69 Å². The summed E-state index contributed by atoms with van der Waals surface area (Å²) in [7, 11) is 0. The quantitative estimate of drug-likeness (QED) is 0.678. The van der Waals surface area contributed by atoms with E-state index in [2.05, 4.69) is 20.3 Å². The minimum absolute atomic E-state index is 0.157. The molecule has 7 nitrogen and oxygen atoms in total. The van der Waals surface area contributed by atoms with Gasteiger partial charge in [-0.3, -0.25) is 4.79 Å². The Morgan fingerprint density at radius 2 is 2.03 bits per heavy atom. The van der Waals surface area contributed by atoms with Gasteiger partial charge in [0.25, 0.3) is 5.91 Å². The van der Waals surface area contributed by atoms with Crippen LogP contribution in [0.3, 0.4) is 0 Å². The average molecular weight is 437 g/mol. The first kappa shape index (κ1) is 19.4. The lowest BCUT2D eigenvalue weighted by atomic mass is 10.1. The number of nitrogens with one attached hydrogen (secondary N) is 1. The van der Waals surface area contributed by atoms with Gasteiger partial charge in [-0.25, -0.2) is 18.4 Å². The SMILES string of the molecule is O=C(Nc1cccnc1N1CCOCC1)c1nn(-c2ccc(F)cc2F)c2c1C[C@H]1C[C@@H]21. The van der Waals surface area contributed by atoms with Crippen molar-refractivity contribution in [1.29, 1.82) is 0 Å². The fourth-order valence-electron chi connectivity index (χ4n) is 4.84. The van der Waals surface area contributed by atoms with E-state index in [1.165, 1.54) is 16.8 Å². The molecule has 9 heteroatoms. The summed E-state index contributed by atoms with van der Waals surface area (Å²) >= 11 is 0. The molecule has 3 aliphatic rings. The molecule has 0 radical (unpaired) electrons. The first-order chi connectivity index (χ1) is 15.6. The Morgan fingerprint density at radius 3 is 2.84 bits per heavy atom. The number of hydrogen-bond donors (Lipinski definition) is 1. The van der Waals surface area contributed by atoms with E-state index in [0.29, 0.717) is 43.7 Å². The third kappa shape index (κ3) is 3.15. The summed E-state index contributed by atoms with van der Waals surface area (Å²) in [5.74, 6) is -0.283. The Morgan fingerprint density at radius 1 is 1.19 bits per heavy atom. The van der Waals surface area contributed by atoms with Crippen molar-refractivity contribution in [2.75, 3.05) is 36.5 Å². The molecule has 1 saturated heterocycles. The normalized spacial score (nSPS) is 21.2. The number of anilines is 2. The zero-order chi connectivity index (χ0) is 21.8. The van der Waals surface area contributed by atoms with Gasteiger partial charge in [-0.15, -0.1) is 0 Å². The monoisotopic (exact) mass is 437 g/mol. The third-order valence-electron chi connectivity index (χ3n) is 6.46. The number of pyridine rings is 1. The number of halogens is 2. The van der Waals surface area contributed by atoms with Gasteiger partial charge in [-0.2, -0.15) is 5.10 Å². The van der Waals surface area contributed by atoms with Crippen molar-refractivity contribution in [1.82, 2.24) is 14.8 Å². The number of morpholine rings is 1. The predicted molar refractivity (Wildman–Crippen MR) is 113 cm³/mol. The Labute approximate surface area is 183 Å².